The van der Waals surface area contributed by atoms with E-state index in [-0.39, 0.29) is 11.9 Å². The summed E-state index contributed by atoms with van der Waals surface area (Å²) in [6.07, 6.45) is 3.99. The van der Waals surface area contributed by atoms with Gasteiger partial charge >= 0.3 is 0 Å². The first-order valence-corrected chi connectivity index (χ1v) is 9.78. The fourth-order valence-corrected chi connectivity index (χ4v) is 3.90. The maximum Gasteiger partial charge on any atom is 0.250 e. The third-order valence-corrected chi connectivity index (χ3v) is 5.48. The van der Waals surface area contributed by atoms with E-state index in [9.17, 15) is 4.79 Å². The first kappa shape index (κ1) is 20.8. The van der Waals surface area contributed by atoms with Crippen LogP contribution >= 0.6 is 0 Å². The van der Waals surface area contributed by atoms with Gasteiger partial charge in [-0.05, 0) is 18.6 Å². The van der Waals surface area contributed by atoms with Crippen molar-refractivity contribution in [3.63, 3.8) is 0 Å². The number of ether oxygens (including phenoxy) is 1. The molecule has 1 saturated heterocycles. The van der Waals surface area contributed by atoms with Gasteiger partial charge in [0.25, 0.3) is 5.91 Å². The lowest BCUT2D eigenvalue weighted by Gasteiger charge is -2.44. The minimum Gasteiger partial charge on any atom is -0.447 e. The van der Waals surface area contributed by atoms with Crippen molar-refractivity contribution in [1.82, 2.24) is 24.9 Å². The molecule has 1 aliphatic rings. The van der Waals surface area contributed by atoms with Crippen molar-refractivity contribution in [3.05, 3.63) is 55.0 Å². The Balaban J connectivity index is 1.89. The van der Waals surface area contributed by atoms with Crippen LogP contribution in [0.25, 0.3) is 0 Å². The molecule has 162 valence electrons. The zero-order chi connectivity index (χ0) is 21.8. The van der Waals surface area contributed by atoms with Crippen LogP contribution in [-0.2, 0) is 14.9 Å². The lowest BCUT2D eigenvalue weighted by atomic mass is 9.73. The Morgan fingerprint density at radius 2 is 2.16 bits per heavy atom. The van der Waals surface area contributed by atoms with Crippen molar-refractivity contribution in [2.45, 2.75) is 17.9 Å². The van der Waals surface area contributed by atoms with Crippen LogP contribution in [0.15, 0.2) is 53.7 Å². The second kappa shape index (κ2) is 8.76. The minimum atomic E-state index is -1.18. The van der Waals surface area contributed by atoms with Gasteiger partial charge in [-0.25, -0.2) is 24.9 Å². The standard InChI is InChI=1S/C20H24N8O3/c1-22-18-24-12-25-19(26-18)28(14-6-4-3-5-7-14)17(29)20(15-10-23-13-31-15)8-9-27(21)11-16(20)30-2/h3-7,10,12-13,16H,8-9,11,21H2,1-2H3,(H,22,24,25,26). The third kappa shape index (κ3) is 3.74. The molecule has 4 rings (SSSR count). The number of nitrogens with one attached hydrogen (secondary N) is 1. The Morgan fingerprint density at radius 3 is 2.84 bits per heavy atom. The van der Waals surface area contributed by atoms with E-state index in [0.717, 1.165) is 0 Å². The summed E-state index contributed by atoms with van der Waals surface area (Å²) in [5.74, 6) is 6.67. The third-order valence-electron chi connectivity index (χ3n) is 5.48. The molecule has 1 fully saturated rings. The molecule has 31 heavy (non-hydrogen) atoms. The van der Waals surface area contributed by atoms with Crippen LogP contribution in [0, 0.1) is 0 Å². The molecule has 3 aromatic rings. The highest BCUT2D eigenvalue weighted by Gasteiger charge is 2.55. The number of oxazole rings is 1. The number of para-hydroxylation sites is 1. The zero-order valence-corrected chi connectivity index (χ0v) is 17.3. The van der Waals surface area contributed by atoms with E-state index in [2.05, 4.69) is 25.3 Å². The fraction of sp³-hybridized carbons (Fsp3) is 0.350. The summed E-state index contributed by atoms with van der Waals surface area (Å²) in [6, 6.07) is 9.18. The Bertz CT molecular complexity index is 1020. The zero-order valence-electron chi connectivity index (χ0n) is 17.3. The molecule has 11 nitrogen and oxygen atoms in total. The lowest BCUT2D eigenvalue weighted by Crippen LogP contribution is -2.62. The van der Waals surface area contributed by atoms with E-state index >= 15 is 0 Å². The van der Waals surface area contributed by atoms with E-state index in [1.54, 1.807) is 25.4 Å². The van der Waals surface area contributed by atoms with Gasteiger partial charge in [0.1, 0.15) is 17.5 Å². The number of anilines is 3. The van der Waals surface area contributed by atoms with E-state index in [1.807, 2.05) is 30.3 Å². The molecule has 3 heterocycles. The highest BCUT2D eigenvalue weighted by molar-refractivity contribution is 6.05. The molecule has 2 aromatic heterocycles. The van der Waals surface area contributed by atoms with Gasteiger partial charge in [-0.15, -0.1) is 0 Å². The van der Waals surface area contributed by atoms with E-state index < -0.39 is 11.5 Å². The van der Waals surface area contributed by atoms with Crippen LogP contribution in [0.1, 0.15) is 12.2 Å². The van der Waals surface area contributed by atoms with Gasteiger partial charge in [0.2, 0.25) is 11.9 Å². The van der Waals surface area contributed by atoms with E-state index in [0.29, 0.717) is 36.9 Å². The quantitative estimate of drug-likeness (QED) is 0.554. The molecule has 1 aromatic carbocycles. The number of rotatable bonds is 6. The van der Waals surface area contributed by atoms with Crippen molar-refractivity contribution in [3.8, 4) is 0 Å². The predicted octanol–water partition coefficient (Wildman–Crippen LogP) is 1.10. The molecule has 2 atom stereocenters. The number of aromatic nitrogens is 4. The number of carbonyl (C=O) groups excluding carboxylic acids is 1. The number of hydrazine groups is 1. The van der Waals surface area contributed by atoms with Crippen molar-refractivity contribution in [1.29, 1.82) is 0 Å². The first-order chi connectivity index (χ1) is 15.1. The monoisotopic (exact) mass is 424 g/mol. The number of carbonyl (C=O) groups is 1. The number of methoxy groups -OCH3 is 1. The molecular formula is C20H24N8O3. The number of nitrogens with two attached hydrogens (primary N) is 1. The van der Waals surface area contributed by atoms with E-state index in [4.69, 9.17) is 15.0 Å². The summed E-state index contributed by atoms with van der Waals surface area (Å²) in [5.41, 5.74) is -0.576. The topological polar surface area (TPSA) is 136 Å². The van der Waals surface area contributed by atoms with Crippen LogP contribution in [-0.4, -0.2) is 64.2 Å². The molecule has 0 radical (unpaired) electrons. The predicted molar refractivity (Wildman–Crippen MR) is 112 cm³/mol. The maximum atomic E-state index is 14.4. The Labute approximate surface area is 179 Å². The average Bonchev–Trinajstić information content (AvgIpc) is 3.35. The van der Waals surface area contributed by atoms with Crippen molar-refractivity contribution in [2.24, 2.45) is 5.84 Å². The SMILES string of the molecule is CNc1ncnc(N(C(=O)C2(c3cnco3)CCN(N)CC2OC)c2ccccc2)n1. The Morgan fingerprint density at radius 1 is 1.35 bits per heavy atom. The van der Waals surface area contributed by atoms with E-state index in [1.165, 1.54) is 17.6 Å². The molecule has 0 bridgehead atoms. The molecule has 3 N–H and O–H groups in total. The van der Waals surface area contributed by atoms with Crippen LogP contribution in [0.3, 0.4) is 0 Å². The summed E-state index contributed by atoms with van der Waals surface area (Å²) < 4.78 is 11.4. The molecule has 0 spiro atoms. The van der Waals surface area contributed by atoms with Crippen LogP contribution in [0.4, 0.5) is 17.6 Å². The molecule has 2 unspecified atom stereocenters. The van der Waals surface area contributed by atoms with Gasteiger partial charge in [-0.1, -0.05) is 18.2 Å². The summed E-state index contributed by atoms with van der Waals surface area (Å²) in [6.45, 7) is 0.804. The molecule has 0 saturated carbocycles. The number of amides is 1. The number of piperidine rings is 1. The highest BCUT2D eigenvalue weighted by Crippen LogP contribution is 2.41. The minimum absolute atomic E-state index is 0.180. The maximum absolute atomic E-state index is 14.4. The lowest BCUT2D eigenvalue weighted by molar-refractivity contribution is -0.135. The van der Waals surface area contributed by atoms with Gasteiger partial charge in [-0.3, -0.25) is 10.6 Å². The fourth-order valence-electron chi connectivity index (χ4n) is 3.90. The number of benzene rings is 1. The summed E-state index contributed by atoms with van der Waals surface area (Å²) in [5, 5.41) is 4.51. The van der Waals surface area contributed by atoms with Gasteiger partial charge < -0.3 is 14.5 Å². The van der Waals surface area contributed by atoms with Crippen LogP contribution in [0.5, 0.6) is 0 Å². The summed E-state index contributed by atoms with van der Waals surface area (Å²) in [4.78, 5) is 32.6. The second-order valence-corrected chi connectivity index (χ2v) is 7.14. The van der Waals surface area contributed by atoms with Crippen LogP contribution < -0.4 is 16.1 Å². The van der Waals surface area contributed by atoms with Crippen LogP contribution in [0.2, 0.25) is 0 Å². The van der Waals surface area contributed by atoms with Gasteiger partial charge in [-0.2, -0.15) is 4.98 Å². The number of hydrogen-bond acceptors (Lipinski definition) is 10. The Hall–Kier alpha value is -3.41. The highest BCUT2D eigenvalue weighted by atomic mass is 16.5. The smallest absolute Gasteiger partial charge is 0.250 e. The average molecular weight is 424 g/mol. The first-order valence-electron chi connectivity index (χ1n) is 9.78. The van der Waals surface area contributed by atoms with Gasteiger partial charge in [0.15, 0.2) is 6.39 Å². The normalized spacial score (nSPS) is 21.6. The van der Waals surface area contributed by atoms with Crippen molar-refractivity contribution >= 4 is 23.5 Å². The van der Waals surface area contributed by atoms with Crippen molar-refractivity contribution in [2.75, 3.05) is 37.5 Å². The molecule has 11 heteroatoms. The largest absolute Gasteiger partial charge is 0.447 e. The Kier molecular flexibility index (Phi) is 5.89. The molecule has 1 amide bonds. The molecule has 1 aliphatic heterocycles. The summed E-state index contributed by atoms with van der Waals surface area (Å²) >= 11 is 0. The van der Waals surface area contributed by atoms with Crippen molar-refractivity contribution < 1.29 is 13.9 Å². The number of nitrogens with zero attached hydrogens (tertiary/aromatic N) is 6. The number of hydrogen-bond donors (Lipinski definition) is 2. The van der Waals surface area contributed by atoms with Gasteiger partial charge in [0.05, 0.1) is 18.0 Å². The summed E-state index contributed by atoms with van der Waals surface area (Å²) in [7, 11) is 3.25. The molecular weight excluding hydrogens is 400 g/mol. The second-order valence-electron chi connectivity index (χ2n) is 7.14. The molecule has 0 aliphatic carbocycles. The van der Waals surface area contributed by atoms with Gasteiger partial charge in [0, 0.05) is 27.2 Å².